The molecule has 1 N–H and O–H groups in total. The predicted octanol–water partition coefficient (Wildman–Crippen LogP) is 2.25. The van der Waals surface area contributed by atoms with Gasteiger partial charge in [0.2, 0.25) is 6.79 Å². The van der Waals surface area contributed by atoms with Crippen molar-refractivity contribution in [2.24, 2.45) is 5.92 Å². The van der Waals surface area contributed by atoms with Gasteiger partial charge in [-0.2, -0.15) is 13.2 Å². The number of hydrogen-bond acceptors (Lipinski definition) is 7. The maximum Gasteiger partial charge on any atom is 0.454 e. The van der Waals surface area contributed by atoms with Crippen LogP contribution < -0.4 is 14.8 Å². The number of alkyl halides is 3. The fourth-order valence-corrected chi connectivity index (χ4v) is 2.98. The number of carbonyl (C=O) groups excluding carboxylic acids is 3. The third kappa shape index (κ3) is 5.65. The number of nitrogens with one attached hydrogen (secondary N) is 1. The van der Waals surface area contributed by atoms with Gasteiger partial charge in [-0.25, -0.2) is 0 Å². The highest BCUT2D eigenvalue weighted by Gasteiger charge is 2.36. The number of ketones is 1. The zero-order valence-electron chi connectivity index (χ0n) is 15.7. The zero-order chi connectivity index (χ0) is 21.7. The number of hydrogen-bond donors (Lipinski definition) is 1. The number of allylic oxidation sites excluding steroid dienone is 1. The van der Waals surface area contributed by atoms with Gasteiger partial charge in [0.15, 0.2) is 18.1 Å². The molecule has 8 nitrogen and oxygen atoms in total. The van der Waals surface area contributed by atoms with Crippen molar-refractivity contribution in [2.75, 3.05) is 31.8 Å². The summed E-state index contributed by atoms with van der Waals surface area (Å²) in [5, 5.41) is 2.58. The second kappa shape index (κ2) is 9.06. The molecule has 162 valence electrons. The summed E-state index contributed by atoms with van der Waals surface area (Å²) >= 11 is 0. The summed E-state index contributed by atoms with van der Waals surface area (Å²) in [4.78, 5) is 36.5. The molecule has 0 radical (unpaired) electrons. The Bertz CT molecular complexity index is 847. The highest BCUT2D eigenvalue weighted by Crippen LogP contribution is 2.34. The third-order valence-electron chi connectivity index (χ3n) is 4.58. The fraction of sp³-hybridized carbons (Fsp3) is 0.421. The van der Waals surface area contributed by atoms with E-state index in [0.29, 0.717) is 49.2 Å². The molecule has 2 heterocycles. The second-order valence-electron chi connectivity index (χ2n) is 6.71. The molecule has 1 fully saturated rings. The summed E-state index contributed by atoms with van der Waals surface area (Å²) in [6.07, 6.45) is -2.67. The minimum Gasteiger partial charge on any atom is -0.455 e. The molecule has 0 bridgehead atoms. The third-order valence-corrected chi connectivity index (χ3v) is 4.58. The van der Waals surface area contributed by atoms with Crippen LogP contribution in [0.25, 0.3) is 0 Å². The van der Waals surface area contributed by atoms with Crippen molar-refractivity contribution in [1.82, 2.24) is 4.90 Å². The van der Waals surface area contributed by atoms with Gasteiger partial charge in [0, 0.05) is 37.1 Å². The van der Waals surface area contributed by atoms with E-state index < -0.39 is 36.4 Å². The number of anilines is 1. The Morgan fingerprint density at radius 1 is 1.17 bits per heavy atom. The van der Waals surface area contributed by atoms with Gasteiger partial charge in [-0.1, -0.05) is 0 Å². The highest BCUT2D eigenvalue weighted by molar-refractivity contribution is 5.94. The molecule has 2 aliphatic heterocycles. The summed E-state index contributed by atoms with van der Waals surface area (Å²) in [6.45, 7) is 0.237. The molecule has 3 rings (SSSR count). The standard InChI is InChI=1S/C19H19F3N2O6/c20-19(21,22)16(25)5-8-24-6-3-12(4-7-24)18(27)28-10-17(26)23-13-1-2-14-15(9-13)30-11-29-14/h1-2,5,8-9,12H,3-4,6-7,10-11H2,(H,23,26)/b8-5+. The number of halogens is 3. The molecule has 0 spiro atoms. The molecular formula is C19H19F3N2O6. The smallest absolute Gasteiger partial charge is 0.454 e. The number of carbonyl (C=O) groups is 3. The van der Waals surface area contributed by atoms with Gasteiger partial charge in [0.05, 0.1) is 5.92 Å². The van der Waals surface area contributed by atoms with E-state index in [0.717, 1.165) is 6.20 Å². The van der Waals surface area contributed by atoms with Crippen LogP contribution in [0.2, 0.25) is 0 Å². The molecule has 1 saturated heterocycles. The van der Waals surface area contributed by atoms with Crippen LogP contribution in [-0.2, 0) is 19.1 Å². The van der Waals surface area contributed by atoms with Crippen molar-refractivity contribution in [3.63, 3.8) is 0 Å². The van der Waals surface area contributed by atoms with Gasteiger partial charge < -0.3 is 24.4 Å². The first-order chi connectivity index (χ1) is 14.2. The molecular weight excluding hydrogens is 409 g/mol. The Labute approximate surface area is 169 Å². The Morgan fingerprint density at radius 2 is 1.87 bits per heavy atom. The fourth-order valence-electron chi connectivity index (χ4n) is 2.98. The number of amides is 1. The van der Waals surface area contributed by atoms with E-state index in [1.807, 2.05) is 0 Å². The average molecular weight is 428 g/mol. The average Bonchev–Trinajstić information content (AvgIpc) is 3.17. The van der Waals surface area contributed by atoms with Gasteiger partial charge in [0.1, 0.15) is 0 Å². The summed E-state index contributed by atoms with van der Waals surface area (Å²) in [5.41, 5.74) is 0.466. The number of rotatable bonds is 6. The lowest BCUT2D eigenvalue weighted by atomic mass is 9.97. The lowest BCUT2D eigenvalue weighted by molar-refractivity contribution is -0.165. The van der Waals surface area contributed by atoms with Gasteiger partial charge in [-0.3, -0.25) is 14.4 Å². The predicted molar refractivity (Wildman–Crippen MR) is 96.7 cm³/mol. The number of likely N-dealkylation sites (tertiary alicyclic amines) is 1. The maximum atomic E-state index is 12.2. The summed E-state index contributed by atoms with van der Waals surface area (Å²) < 4.78 is 52.0. The van der Waals surface area contributed by atoms with Crippen molar-refractivity contribution in [3.8, 4) is 11.5 Å². The summed E-state index contributed by atoms with van der Waals surface area (Å²) in [7, 11) is 0. The van der Waals surface area contributed by atoms with E-state index in [-0.39, 0.29) is 6.79 Å². The van der Waals surface area contributed by atoms with E-state index in [2.05, 4.69) is 5.32 Å². The van der Waals surface area contributed by atoms with Crippen molar-refractivity contribution >= 4 is 23.3 Å². The molecule has 30 heavy (non-hydrogen) atoms. The lowest BCUT2D eigenvalue weighted by Gasteiger charge is -2.29. The Hall–Kier alpha value is -3.24. The van der Waals surface area contributed by atoms with Crippen LogP contribution in [0.15, 0.2) is 30.5 Å². The molecule has 11 heteroatoms. The Kier molecular flexibility index (Phi) is 6.48. The number of esters is 1. The van der Waals surface area contributed by atoms with Crippen molar-refractivity contribution < 1.29 is 41.8 Å². The maximum absolute atomic E-state index is 12.2. The quantitative estimate of drug-likeness (QED) is 0.549. The van der Waals surface area contributed by atoms with Crippen molar-refractivity contribution in [2.45, 2.75) is 19.0 Å². The van der Waals surface area contributed by atoms with Crippen LogP contribution in [0, 0.1) is 5.92 Å². The summed E-state index contributed by atoms with van der Waals surface area (Å²) in [6, 6.07) is 4.86. The van der Waals surface area contributed by atoms with E-state index in [1.54, 1.807) is 18.2 Å². The molecule has 0 atom stereocenters. The molecule has 1 aromatic rings. The molecule has 0 saturated carbocycles. The van der Waals surface area contributed by atoms with E-state index in [4.69, 9.17) is 14.2 Å². The van der Waals surface area contributed by atoms with Crippen LogP contribution in [0.5, 0.6) is 11.5 Å². The Morgan fingerprint density at radius 3 is 2.57 bits per heavy atom. The van der Waals surface area contributed by atoms with Crippen molar-refractivity contribution in [3.05, 3.63) is 30.5 Å². The topological polar surface area (TPSA) is 94.2 Å². The zero-order valence-corrected chi connectivity index (χ0v) is 15.7. The number of ether oxygens (including phenoxy) is 3. The molecule has 0 unspecified atom stereocenters. The summed E-state index contributed by atoms with van der Waals surface area (Å²) in [5.74, 6) is -2.39. The van der Waals surface area contributed by atoms with E-state index >= 15 is 0 Å². The lowest BCUT2D eigenvalue weighted by Crippen LogP contribution is -2.35. The van der Waals surface area contributed by atoms with Gasteiger partial charge >= 0.3 is 12.1 Å². The number of fused-ring (bicyclic) bond motifs is 1. The van der Waals surface area contributed by atoms with Gasteiger partial charge in [-0.05, 0) is 25.0 Å². The molecule has 0 aliphatic carbocycles. The van der Waals surface area contributed by atoms with Crippen LogP contribution >= 0.6 is 0 Å². The molecule has 1 amide bonds. The first-order valence-electron chi connectivity index (χ1n) is 9.12. The highest BCUT2D eigenvalue weighted by atomic mass is 19.4. The number of nitrogens with zero attached hydrogens (tertiary/aromatic N) is 1. The van der Waals surface area contributed by atoms with Crippen molar-refractivity contribution in [1.29, 1.82) is 0 Å². The van der Waals surface area contributed by atoms with Crippen LogP contribution in [0.4, 0.5) is 18.9 Å². The molecule has 1 aromatic carbocycles. The number of piperidine rings is 1. The van der Waals surface area contributed by atoms with Gasteiger partial charge in [0.25, 0.3) is 11.7 Å². The normalized spacial score (nSPS) is 16.6. The van der Waals surface area contributed by atoms with Crippen LogP contribution in [-0.4, -0.2) is 55.2 Å². The largest absolute Gasteiger partial charge is 0.455 e. The van der Waals surface area contributed by atoms with E-state index in [1.165, 1.54) is 4.90 Å². The minimum absolute atomic E-state index is 0.109. The van der Waals surface area contributed by atoms with E-state index in [9.17, 15) is 27.6 Å². The SMILES string of the molecule is O=C(COC(=O)C1CCN(/C=C/C(=O)C(F)(F)F)CC1)Nc1ccc2c(c1)OCO2. The second-order valence-corrected chi connectivity index (χ2v) is 6.71. The van der Waals surface area contributed by atoms with Crippen LogP contribution in [0.1, 0.15) is 12.8 Å². The van der Waals surface area contributed by atoms with Gasteiger partial charge in [-0.15, -0.1) is 0 Å². The monoisotopic (exact) mass is 428 g/mol. The first-order valence-corrected chi connectivity index (χ1v) is 9.12. The minimum atomic E-state index is -4.90. The molecule has 2 aliphatic rings. The first kappa shape index (κ1) is 21.5. The molecule has 0 aromatic heterocycles. The van der Waals surface area contributed by atoms with Crippen LogP contribution in [0.3, 0.4) is 0 Å². The number of benzene rings is 1. The Balaban J connectivity index is 1.39.